The van der Waals surface area contributed by atoms with Crippen molar-refractivity contribution in [1.82, 2.24) is 9.13 Å². The molecule has 3 aromatic carbocycles. The zero-order valence-electron chi connectivity index (χ0n) is 15.2. The number of para-hydroxylation sites is 2. The molecule has 4 aromatic rings. The highest BCUT2D eigenvalue weighted by Gasteiger charge is 2.21. The highest BCUT2D eigenvalue weighted by Crippen LogP contribution is 2.26. The predicted molar refractivity (Wildman–Crippen MR) is 110 cm³/mol. The van der Waals surface area contributed by atoms with Gasteiger partial charge in [-0.25, -0.2) is 13.9 Å². The van der Waals surface area contributed by atoms with Crippen LogP contribution in [0.3, 0.4) is 0 Å². The molecule has 0 saturated carbocycles. The minimum absolute atomic E-state index is 0.332. The van der Waals surface area contributed by atoms with E-state index >= 15 is 0 Å². The molecular weight excluding hydrogens is 368 g/mol. The van der Waals surface area contributed by atoms with Crippen LogP contribution in [0.4, 0.5) is 11.4 Å². The van der Waals surface area contributed by atoms with Crippen molar-refractivity contribution in [3.05, 3.63) is 112 Å². The van der Waals surface area contributed by atoms with Crippen LogP contribution < -0.4 is 11.2 Å². The molecule has 0 saturated heterocycles. The molecule has 0 atom stereocenters. The molecule has 29 heavy (non-hydrogen) atoms. The number of aromatic hydroxyl groups is 1. The second-order valence-corrected chi connectivity index (χ2v) is 6.14. The van der Waals surface area contributed by atoms with Crippen LogP contribution in [-0.4, -0.2) is 14.2 Å². The van der Waals surface area contributed by atoms with Crippen molar-refractivity contribution in [1.29, 1.82) is 0 Å². The summed E-state index contributed by atoms with van der Waals surface area (Å²) in [6, 6.07) is 25.8. The lowest BCUT2D eigenvalue weighted by atomic mass is 10.3. The molecule has 0 aliphatic carbocycles. The van der Waals surface area contributed by atoms with Gasteiger partial charge in [0, 0.05) is 0 Å². The topological polar surface area (TPSA) is 88.9 Å². The first kappa shape index (κ1) is 18.1. The summed E-state index contributed by atoms with van der Waals surface area (Å²) in [5.41, 5.74) is -0.524. The summed E-state index contributed by atoms with van der Waals surface area (Å²) in [6.45, 7) is 0. The number of aromatic nitrogens is 2. The van der Waals surface area contributed by atoms with Crippen molar-refractivity contribution in [2.24, 2.45) is 10.2 Å². The maximum absolute atomic E-state index is 13.1. The minimum Gasteiger partial charge on any atom is -0.492 e. The third kappa shape index (κ3) is 3.49. The van der Waals surface area contributed by atoms with E-state index in [0.29, 0.717) is 17.1 Å². The van der Waals surface area contributed by atoms with Gasteiger partial charge >= 0.3 is 5.69 Å². The molecule has 1 N–H and O–H groups in total. The third-order valence-corrected chi connectivity index (χ3v) is 4.26. The number of hydrogen-bond donors (Lipinski definition) is 1. The molecule has 0 fully saturated rings. The summed E-state index contributed by atoms with van der Waals surface area (Å²) < 4.78 is 2.00. The largest absolute Gasteiger partial charge is 0.492 e. The Labute approximate surface area is 165 Å². The van der Waals surface area contributed by atoms with E-state index in [1.54, 1.807) is 84.9 Å². The fraction of sp³-hybridized carbons (Fsp3) is 0. The number of nitrogens with zero attached hydrogens (tertiary/aromatic N) is 4. The summed E-state index contributed by atoms with van der Waals surface area (Å²) in [5, 5.41) is 18.8. The first-order valence-electron chi connectivity index (χ1n) is 8.85. The number of azo groups is 1. The smallest absolute Gasteiger partial charge is 0.343 e. The van der Waals surface area contributed by atoms with Gasteiger partial charge < -0.3 is 5.11 Å². The fourth-order valence-electron chi connectivity index (χ4n) is 2.89. The molecule has 142 valence electrons. The van der Waals surface area contributed by atoms with Crippen LogP contribution in [0.2, 0.25) is 0 Å². The second kappa shape index (κ2) is 7.77. The van der Waals surface area contributed by atoms with Gasteiger partial charge in [0.2, 0.25) is 11.6 Å². The molecule has 1 aromatic heterocycles. The molecule has 7 heteroatoms. The summed E-state index contributed by atoms with van der Waals surface area (Å²) >= 11 is 0. The van der Waals surface area contributed by atoms with Crippen LogP contribution in [0, 0.1) is 0 Å². The van der Waals surface area contributed by atoms with Crippen molar-refractivity contribution in [2.45, 2.75) is 0 Å². The molecule has 0 unspecified atom stereocenters. The zero-order chi connectivity index (χ0) is 20.2. The lowest BCUT2D eigenvalue weighted by molar-refractivity contribution is 0.430. The minimum atomic E-state index is -0.759. The van der Waals surface area contributed by atoms with Crippen LogP contribution in [0.5, 0.6) is 5.88 Å². The number of rotatable bonds is 4. The predicted octanol–water partition coefficient (Wildman–Crippen LogP) is 4.11. The van der Waals surface area contributed by atoms with Crippen LogP contribution in [-0.2, 0) is 0 Å². The Hall–Kier alpha value is -4.26. The van der Waals surface area contributed by atoms with Crippen LogP contribution in [0.1, 0.15) is 0 Å². The molecule has 0 amide bonds. The average Bonchev–Trinajstić information content (AvgIpc) is 2.76. The van der Waals surface area contributed by atoms with Crippen LogP contribution in [0.25, 0.3) is 11.4 Å². The Morgan fingerprint density at radius 3 is 1.66 bits per heavy atom. The van der Waals surface area contributed by atoms with Crippen molar-refractivity contribution in [2.75, 3.05) is 0 Å². The van der Waals surface area contributed by atoms with E-state index in [-0.39, 0.29) is 5.69 Å². The maximum atomic E-state index is 13.1. The molecule has 4 rings (SSSR count). The van der Waals surface area contributed by atoms with E-state index in [1.807, 2.05) is 6.07 Å². The van der Waals surface area contributed by atoms with Gasteiger partial charge in [-0.15, -0.1) is 5.11 Å². The van der Waals surface area contributed by atoms with Crippen molar-refractivity contribution < 1.29 is 5.11 Å². The van der Waals surface area contributed by atoms with E-state index < -0.39 is 17.1 Å². The monoisotopic (exact) mass is 384 g/mol. The van der Waals surface area contributed by atoms with E-state index in [1.165, 1.54) is 0 Å². The lowest BCUT2D eigenvalue weighted by Crippen LogP contribution is -2.37. The van der Waals surface area contributed by atoms with E-state index in [0.717, 1.165) is 9.13 Å². The van der Waals surface area contributed by atoms with Gasteiger partial charge in [-0.1, -0.05) is 54.6 Å². The number of hydrogen-bond acceptors (Lipinski definition) is 5. The summed E-state index contributed by atoms with van der Waals surface area (Å²) in [4.78, 5) is 26.2. The van der Waals surface area contributed by atoms with Gasteiger partial charge in [-0.05, 0) is 36.4 Å². The van der Waals surface area contributed by atoms with Gasteiger partial charge in [0.25, 0.3) is 5.56 Å². The zero-order valence-corrected chi connectivity index (χ0v) is 15.2. The van der Waals surface area contributed by atoms with Crippen LogP contribution in [0.15, 0.2) is 111 Å². The summed E-state index contributed by atoms with van der Waals surface area (Å²) in [6.07, 6.45) is 0. The Balaban J connectivity index is 2.02. The van der Waals surface area contributed by atoms with Crippen molar-refractivity contribution >= 4 is 11.4 Å². The maximum Gasteiger partial charge on any atom is 0.343 e. The highest BCUT2D eigenvalue weighted by atomic mass is 16.3. The molecule has 7 nitrogen and oxygen atoms in total. The molecule has 0 bridgehead atoms. The Bertz CT molecular complexity index is 1280. The summed E-state index contributed by atoms with van der Waals surface area (Å²) in [5.74, 6) is -0.571. The second-order valence-electron chi connectivity index (χ2n) is 6.14. The van der Waals surface area contributed by atoms with Gasteiger partial charge in [-0.3, -0.25) is 4.79 Å². The third-order valence-electron chi connectivity index (χ3n) is 4.26. The van der Waals surface area contributed by atoms with Gasteiger partial charge in [-0.2, -0.15) is 5.11 Å². The van der Waals surface area contributed by atoms with Gasteiger partial charge in [0.1, 0.15) is 0 Å². The highest BCUT2D eigenvalue weighted by molar-refractivity contribution is 5.51. The number of benzene rings is 3. The molecule has 0 spiro atoms. The van der Waals surface area contributed by atoms with Crippen molar-refractivity contribution in [3.63, 3.8) is 0 Å². The first-order valence-corrected chi connectivity index (χ1v) is 8.85. The molecule has 0 radical (unpaired) electrons. The Morgan fingerprint density at radius 2 is 1.10 bits per heavy atom. The van der Waals surface area contributed by atoms with Gasteiger partial charge in [0.05, 0.1) is 17.1 Å². The lowest BCUT2D eigenvalue weighted by Gasteiger charge is -2.13. The quantitative estimate of drug-likeness (QED) is 0.537. The van der Waals surface area contributed by atoms with E-state index in [2.05, 4.69) is 10.2 Å². The standard InChI is InChI=1S/C22H16N4O3/c27-20-19(24-23-16-10-4-1-5-11-16)21(28)26(18-14-8-3-9-15-18)22(29)25(20)17-12-6-2-7-13-17/h1-15,27H. The molecular formula is C22H16N4O3. The van der Waals surface area contributed by atoms with E-state index in [4.69, 9.17) is 0 Å². The van der Waals surface area contributed by atoms with Gasteiger partial charge in [0.15, 0.2) is 0 Å². The van der Waals surface area contributed by atoms with Crippen LogP contribution >= 0.6 is 0 Å². The first-order chi connectivity index (χ1) is 14.2. The molecule has 0 aliphatic rings. The Kier molecular flexibility index (Phi) is 4.86. The Morgan fingerprint density at radius 1 is 0.621 bits per heavy atom. The average molecular weight is 384 g/mol. The fourth-order valence-corrected chi connectivity index (χ4v) is 2.89. The SMILES string of the molecule is O=c1c(N=Nc2ccccc2)c(O)n(-c2ccccc2)c(=O)n1-c1ccccc1. The normalized spacial score (nSPS) is 11.0. The van der Waals surface area contributed by atoms with Crippen molar-refractivity contribution in [3.8, 4) is 17.3 Å². The molecule has 1 heterocycles. The summed E-state index contributed by atoms with van der Waals surface area (Å²) in [7, 11) is 0. The van der Waals surface area contributed by atoms with E-state index in [9.17, 15) is 14.7 Å². The molecule has 0 aliphatic heterocycles.